The number of rotatable bonds is 5. The average Bonchev–Trinajstić information content (AvgIpc) is 3.01. The fourth-order valence-corrected chi connectivity index (χ4v) is 4.54. The van der Waals surface area contributed by atoms with E-state index in [9.17, 15) is 5.11 Å². The Bertz CT molecular complexity index is 1030. The normalized spacial score (nSPS) is 23.3. The minimum Gasteiger partial charge on any atom is -0.389 e. The molecular weight excluding hydrogens is 419 g/mol. The van der Waals surface area contributed by atoms with Crippen molar-refractivity contribution >= 4 is 28.9 Å². The Morgan fingerprint density at radius 1 is 1.39 bits per heavy atom. The standard InChI is InChI=1S/C23H28ClFN4O2/c1-5-12(2)21-23(3,4)14-8-13(9-16(25)20(14)28-21)19-15(24)10-26-22(29-19)27-17-6-7-31-11-18(17)30/h8-10,12,17-18,30H,5-7,11H2,1-4H3,(H,26,27,29). The number of aliphatic hydroxyl groups is 1. The molecule has 1 fully saturated rings. The number of anilines is 1. The van der Waals surface area contributed by atoms with Crippen LogP contribution < -0.4 is 5.32 Å². The first-order valence-corrected chi connectivity index (χ1v) is 11.1. The molecule has 3 heterocycles. The van der Waals surface area contributed by atoms with Crippen molar-refractivity contribution < 1.29 is 14.2 Å². The molecule has 2 aliphatic rings. The van der Waals surface area contributed by atoms with E-state index in [1.54, 1.807) is 0 Å². The molecule has 0 amide bonds. The van der Waals surface area contributed by atoms with Gasteiger partial charge in [0.25, 0.3) is 0 Å². The highest BCUT2D eigenvalue weighted by Gasteiger charge is 2.39. The molecule has 0 bridgehead atoms. The van der Waals surface area contributed by atoms with E-state index in [-0.39, 0.29) is 29.8 Å². The third kappa shape index (κ3) is 4.06. The van der Waals surface area contributed by atoms with Gasteiger partial charge in [0.15, 0.2) is 0 Å². The van der Waals surface area contributed by atoms with Crippen LogP contribution in [-0.2, 0) is 10.2 Å². The molecule has 31 heavy (non-hydrogen) atoms. The summed E-state index contributed by atoms with van der Waals surface area (Å²) in [5.74, 6) is 0.208. The zero-order valence-electron chi connectivity index (χ0n) is 18.2. The number of halogens is 2. The van der Waals surface area contributed by atoms with Crippen molar-refractivity contribution in [3.05, 3.63) is 34.7 Å². The molecule has 0 spiro atoms. The maximum absolute atomic E-state index is 15.1. The van der Waals surface area contributed by atoms with E-state index in [0.29, 0.717) is 40.9 Å². The van der Waals surface area contributed by atoms with Gasteiger partial charge in [0.1, 0.15) is 11.5 Å². The van der Waals surface area contributed by atoms with Gasteiger partial charge in [0.05, 0.1) is 35.7 Å². The Morgan fingerprint density at radius 2 is 2.16 bits per heavy atom. The van der Waals surface area contributed by atoms with Crippen molar-refractivity contribution in [2.75, 3.05) is 18.5 Å². The number of hydrogen-bond acceptors (Lipinski definition) is 6. The quantitative estimate of drug-likeness (QED) is 0.682. The van der Waals surface area contributed by atoms with E-state index in [1.807, 2.05) is 6.07 Å². The summed E-state index contributed by atoms with van der Waals surface area (Å²) in [7, 11) is 0. The molecule has 1 aromatic heterocycles. The van der Waals surface area contributed by atoms with Gasteiger partial charge in [-0.15, -0.1) is 0 Å². The summed E-state index contributed by atoms with van der Waals surface area (Å²) in [6.07, 6.45) is 2.43. The molecule has 3 atom stereocenters. The molecule has 0 radical (unpaired) electrons. The first-order chi connectivity index (χ1) is 14.7. The molecular formula is C23H28ClFN4O2. The Kier molecular flexibility index (Phi) is 6.03. The molecule has 2 N–H and O–H groups in total. The monoisotopic (exact) mass is 446 g/mol. The summed E-state index contributed by atoms with van der Waals surface area (Å²) in [6, 6.07) is 3.14. The van der Waals surface area contributed by atoms with Crippen LogP contribution in [0.2, 0.25) is 5.02 Å². The van der Waals surface area contributed by atoms with Gasteiger partial charge in [0.2, 0.25) is 5.95 Å². The zero-order chi connectivity index (χ0) is 22.3. The Labute approximate surface area is 186 Å². The number of nitrogens with one attached hydrogen (secondary N) is 1. The van der Waals surface area contributed by atoms with Crippen LogP contribution in [-0.4, -0.2) is 46.1 Å². The lowest BCUT2D eigenvalue weighted by atomic mass is 9.76. The van der Waals surface area contributed by atoms with Crippen molar-refractivity contribution in [1.82, 2.24) is 9.97 Å². The van der Waals surface area contributed by atoms with E-state index >= 15 is 4.39 Å². The van der Waals surface area contributed by atoms with Gasteiger partial charge in [-0.1, -0.05) is 39.3 Å². The van der Waals surface area contributed by atoms with Crippen LogP contribution >= 0.6 is 11.6 Å². The van der Waals surface area contributed by atoms with Crippen LogP contribution in [0.25, 0.3) is 11.3 Å². The molecule has 2 aromatic rings. The van der Waals surface area contributed by atoms with E-state index < -0.39 is 6.10 Å². The molecule has 1 aromatic carbocycles. The van der Waals surface area contributed by atoms with Crippen LogP contribution in [0, 0.1) is 11.7 Å². The Hall–Kier alpha value is -2.09. The molecule has 0 saturated carbocycles. The molecule has 8 heteroatoms. The number of aromatic nitrogens is 2. The van der Waals surface area contributed by atoms with Crippen LogP contribution in [0.3, 0.4) is 0 Å². The third-order valence-corrected chi connectivity index (χ3v) is 6.62. The first kappa shape index (κ1) is 22.1. The lowest BCUT2D eigenvalue weighted by Crippen LogP contribution is -2.42. The second kappa shape index (κ2) is 8.45. The van der Waals surface area contributed by atoms with E-state index in [0.717, 1.165) is 17.7 Å². The lowest BCUT2D eigenvalue weighted by molar-refractivity contribution is -0.0136. The third-order valence-electron chi connectivity index (χ3n) is 6.35. The van der Waals surface area contributed by atoms with E-state index in [4.69, 9.17) is 16.3 Å². The number of hydrogen-bond donors (Lipinski definition) is 2. The summed E-state index contributed by atoms with van der Waals surface area (Å²) >= 11 is 6.40. The van der Waals surface area contributed by atoms with Gasteiger partial charge in [-0.25, -0.2) is 14.4 Å². The van der Waals surface area contributed by atoms with Gasteiger partial charge in [-0.2, -0.15) is 0 Å². The lowest BCUT2D eigenvalue weighted by Gasteiger charge is -2.28. The predicted molar refractivity (Wildman–Crippen MR) is 121 cm³/mol. The van der Waals surface area contributed by atoms with Crippen molar-refractivity contribution in [2.45, 2.75) is 58.1 Å². The van der Waals surface area contributed by atoms with Crippen molar-refractivity contribution in [3.63, 3.8) is 0 Å². The van der Waals surface area contributed by atoms with Gasteiger partial charge in [0, 0.05) is 23.3 Å². The zero-order valence-corrected chi connectivity index (χ0v) is 19.0. The second-order valence-electron chi connectivity index (χ2n) is 8.86. The van der Waals surface area contributed by atoms with Gasteiger partial charge < -0.3 is 15.2 Å². The molecule has 3 unspecified atom stereocenters. The summed E-state index contributed by atoms with van der Waals surface area (Å²) in [5, 5.41) is 13.6. The topological polar surface area (TPSA) is 79.6 Å². The van der Waals surface area contributed by atoms with Crippen molar-refractivity contribution in [1.29, 1.82) is 0 Å². The molecule has 1 saturated heterocycles. The van der Waals surface area contributed by atoms with E-state index in [1.165, 1.54) is 12.3 Å². The van der Waals surface area contributed by atoms with E-state index in [2.05, 4.69) is 48.0 Å². The highest BCUT2D eigenvalue weighted by atomic mass is 35.5. The fraction of sp³-hybridized carbons (Fsp3) is 0.522. The molecule has 166 valence electrons. The number of aliphatic hydroxyl groups excluding tert-OH is 1. The number of fused-ring (bicyclic) bond motifs is 1. The molecule has 2 aliphatic heterocycles. The van der Waals surface area contributed by atoms with Crippen molar-refractivity contribution in [2.24, 2.45) is 10.9 Å². The predicted octanol–water partition coefficient (Wildman–Crippen LogP) is 4.91. The Balaban J connectivity index is 1.70. The van der Waals surface area contributed by atoms with Crippen molar-refractivity contribution in [3.8, 4) is 11.3 Å². The molecule has 4 rings (SSSR count). The van der Waals surface area contributed by atoms with Crippen LogP contribution in [0.15, 0.2) is 23.3 Å². The largest absolute Gasteiger partial charge is 0.389 e. The van der Waals surface area contributed by atoms with Gasteiger partial charge >= 0.3 is 0 Å². The van der Waals surface area contributed by atoms with Crippen LogP contribution in [0.4, 0.5) is 16.0 Å². The van der Waals surface area contributed by atoms with Gasteiger partial charge in [-0.05, 0) is 36.5 Å². The molecule has 0 aliphatic carbocycles. The summed E-state index contributed by atoms with van der Waals surface area (Å²) in [6.45, 7) is 9.21. The number of aliphatic imine (C=N–C) groups is 1. The maximum atomic E-state index is 15.1. The second-order valence-corrected chi connectivity index (χ2v) is 9.26. The minimum atomic E-state index is -0.647. The highest BCUT2D eigenvalue weighted by molar-refractivity contribution is 6.33. The SMILES string of the molecule is CCC(C)C1=Nc2c(F)cc(-c3nc(NC4CCOCC4O)ncc3Cl)cc2C1(C)C. The van der Waals surface area contributed by atoms with Gasteiger partial charge in [-0.3, -0.25) is 4.99 Å². The summed E-state index contributed by atoms with van der Waals surface area (Å²) < 4.78 is 20.4. The first-order valence-electron chi connectivity index (χ1n) is 10.7. The smallest absolute Gasteiger partial charge is 0.223 e. The van der Waals surface area contributed by atoms with Crippen LogP contribution in [0.5, 0.6) is 0 Å². The number of ether oxygens (including phenoxy) is 1. The fourth-order valence-electron chi connectivity index (χ4n) is 4.34. The number of nitrogens with zero attached hydrogens (tertiary/aromatic N) is 3. The number of benzene rings is 1. The minimum absolute atomic E-state index is 0.218. The maximum Gasteiger partial charge on any atom is 0.223 e. The Morgan fingerprint density at radius 3 is 2.87 bits per heavy atom. The molecule has 6 nitrogen and oxygen atoms in total. The summed E-state index contributed by atoms with van der Waals surface area (Å²) in [5.41, 5.74) is 2.86. The summed E-state index contributed by atoms with van der Waals surface area (Å²) in [4.78, 5) is 13.4. The average molecular weight is 447 g/mol. The van der Waals surface area contributed by atoms with Crippen LogP contribution in [0.1, 0.15) is 46.1 Å². The highest BCUT2D eigenvalue weighted by Crippen LogP contribution is 2.46.